The maximum atomic E-state index is 13.8. The predicted molar refractivity (Wildman–Crippen MR) is 115 cm³/mol. The summed E-state index contributed by atoms with van der Waals surface area (Å²) in [4.78, 5) is 2.11. The second kappa shape index (κ2) is 8.78. The Balaban J connectivity index is 2.20. The SMILES string of the molecule is CCC(C)(C)CN(c1ccccc1)C(c1ccc2cc1OCO2)P(=O)(OC)OC. The van der Waals surface area contributed by atoms with Crippen molar-refractivity contribution in [3.05, 3.63) is 54.1 Å². The van der Waals surface area contributed by atoms with Crippen LogP contribution in [0.3, 0.4) is 0 Å². The molecule has 0 aliphatic carbocycles. The van der Waals surface area contributed by atoms with Crippen molar-refractivity contribution in [2.45, 2.75) is 33.0 Å². The zero-order chi connectivity index (χ0) is 21.1. The van der Waals surface area contributed by atoms with Gasteiger partial charge in [0.15, 0.2) is 5.78 Å². The van der Waals surface area contributed by atoms with Gasteiger partial charge in [-0.1, -0.05) is 39.0 Å². The van der Waals surface area contributed by atoms with Crippen LogP contribution < -0.4 is 14.4 Å². The number of hydrogen-bond acceptors (Lipinski definition) is 6. The monoisotopic (exact) mass is 419 g/mol. The number of rotatable bonds is 9. The Morgan fingerprint density at radius 2 is 1.79 bits per heavy atom. The van der Waals surface area contributed by atoms with Gasteiger partial charge in [-0.3, -0.25) is 4.57 Å². The van der Waals surface area contributed by atoms with E-state index in [0.717, 1.165) is 23.4 Å². The average molecular weight is 419 g/mol. The Hall–Kier alpha value is -2.01. The van der Waals surface area contributed by atoms with Gasteiger partial charge < -0.3 is 23.4 Å². The zero-order valence-corrected chi connectivity index (χ0v) is 18.6. The highest BCUT2D eigenvalue weighted by Gasteiger charge is 2.43. The summed E-state index contributed by atoms with van der Waals surface area (Å²) >= 11 is 0. The Kier molecular flexibility index (Phi) is 6.57. The van der Waals surface area contributed by atoms with E-state index >= 15 is 0 Å². The van der Waals surface area contributed by atoms with Gasteiger partial charge >= 0.3 is 7.60 Å². The van der Waals surface area contributed by atoms with Crippen LogP contribution in [0.1, 0.15) is 38.5 Å². The molecule has 0 aromatic heterocycles. The number of para-hydroxylation sites is 1. The summed E-state index contributed by atoms with van der Waals surface area (Å²) in [5.74, 6) is 0.676. The van der Waals surface area contributed by atoms with Gasteiger partial charge in [0.05, 0.1) is 0 Å². The number of fused-ring (bicyclic) bond motifs is 2. The smallest absolute Gasteiger partial charge is 0.357 e. The Labute approximate surface area is 173 Å². The fraction of sp³-hybridized carbons (Fsp3) is 0.455. The molecule has 29 heavy (non-hydrogen) atoms. The minimum atomic E-state index is -3.56. The quantitative estimate of drug-likeness (QED) is 0.476. The van der Waals surface area contributed by atoms with Gasteiger partial charge in [-0.2, -0.15) is 0 Å². The van der Waals surface area contributed by atoms with Crippen molar-refractivity contribution in [2.75, 3.05) is 32.5 Å². The summed E-state index contributed by atoms with van der Waals surface area (Å²) < 4.78 is 36.0. The lowest BCUT2D eigenvalue weighted by molar-refractivity contribution is 0.104. The van der Waals surface area contributed by atoms with E-state index in [-0.39, 0.29) is 12.2 Å². The van der Waals surface area contributed by atoms with Crippen molar-refractivity contribution < 1.29 is 23.1 Å². The number of nitrogens with zero attached hydrogens (tertiary/aromatic N) is 1. The summed E-state index contributed by atoms with van der Waals surface area (Å²) in [7, 11) is -0.706. The number of anilines is 1. The van der Waals surface area contributed by atoms with Crippen LogP contribution in [0.25, 0.3) is 0 Å². The minimum absolute atomic E-state index is 0.0262. The lowest BCUT2D eigenvalue weighted by atomic mass is 9.89. The molecule has 1 atom stereocenters. The Bertz CT molecular complexity index is 863. The molecule has 0 spiro atoms. The van der Waals surface area contributed by atoms with E-state index in [4.69, 9.17) is 18.5 Å². The van der Waals surface area contributed by atoms with E-state index in [1.165, 1.54) is 14.2 Å². The first-order valence-electron chi connectivity index (χ1n) is 9.76. The summed E-state index contributed by atoms with van der Waals surface area (Å²) in [6, 6.07) is 15.5. The molecule has 0 radical (unpaired) electrons. The van der Waals surface area contributed by atoms with E-state index in [1.807, 2.05) is 48.5 Å². The summed E-state index contributed by atoms with van der Waals surface area (Å²) in [5.41, 5.74) is 1.66. The average Bonchev–Trinajstić information content (AvgIpc) is 2.75. The third-order valence-electron chi connectivity index (χ3n) is 5.45. The van der Waals surface area contributed by atoms with Gasteiger partial charge in [0.2, 0.25) is 6.79 Å². The fourth-order valence-corrected chi connectivity index (χ4v) is 5.06. The number of benzene rings is 2. The number of hydrogen-bond donors (Lipinski definition) is 0. The van der Waals surface area contributed by atoms with Crippen molar-refractivity contribution in [1.29, 1.82) is 0 Å². The molecule has 2 aromatic rings. The molecule has 0 saturated heterocycles. The van der Waals surface area contributed by atoms with Crippen LogP contribution in [0.15, 0.2) is 48.5 Å². The fourth-order valence-electron chi connectivity index (χ4n) is 3.40. The highest BCUT2D eigenvalue weighted by atomic mass is 31.2. The molecule has 2 bridgehead atoms. The predicted octanol–water partition coefficient (Wildman–Crippen LogP) is 5.84. The van der Waals surface area contributed by atoms with Crippen molar-refractivity contribution >= 4 is 13.3 Å². The third kappa shape index (κ3) is 4.61. The molecule has 1 aliphatic heterocycles. The standard InChI is InChI=1S/C22H30NO5P/c1-6-22(2,3)15-23(17-10-8-7-9-11-17)21(29(24,25-4)26-5)19-13-12-18-14-20(19)28-16-27-18/h7-14,21H,6,15-16H2,1-5H3. The molecule has 1 heterocycles. The molecule has 0 saturated carbocycles. The number of ether oxygens (including phenoxy) is 2. The van der Waals surface area contributed by atoms with E-state index < -0.39 is 13.4 Å². The summed E-state index contributed by atoms with van der Waals surface area (Å²) in [6.07, 6.45) is 0.962. The lowest BCUT2D eigenvalue weighted by Gasteiger charge is -2.41. The van der Waals surface area contributed by atoms with Crippen molar-refractivity contribution in [3.8, 4) is 11.5 Å². The molecule has 158 valence electrons. The van der Waals surface area contributed by atoms with Crippen molar-refractivity contribution in [3.63, 3.8) is 0 Å². The Morgan fingerprint density at radius 3 is 2.41 bits per heavy atom. The molecular formula is C22H30NO5P. The van der Waals surface area contributed by atoms with E-state index in [0.29, 0.717) is 12.3 Å². The van der Waals surface area contributed by atoms with E-state index in [2.05, 4.69) is 25.7 Å². The van der Waals surface area contributed by atoms with Crippen LogP contribution in [0, 0.1) is 5.41 Å². The first-order valence-corrected chi connectivity index (χ1v) is 11.4. The second-order valence-electron chi connectivity index (χ2n) is 7.87. The van der Waals surface area contributed by atoms with Crippen LogP contribution in [0.4, 0.5) is 5.69 Å². The third-order valence-corrected chi connectivity index (χ3v) is 7.62. The van der Waals surface area contributed by atoms with Gasteiger partial charge in [0.25, 0.3) is 0 Å². The molecular weight excluding hydrogens is 389 g/mol. The topological polar surface area (TPSA) is 57.2 Å². The maximum absolute atomic E-state index is 13.8. The molecule has 3 rings (SSSR count). The van der Waals surface area contributed by atoms with Gasteiger partial charge in [0, 0.05) is 38.1 Å². The van der Waals surface area contributed by atoms with Gasteiger partial charge in [-0.05, 0) is 36.1 Å². The van der Waals surface area contributed by atoms with Crippen LogP contribution in [0.2, 0.25) is 0 Å². The van der Waals surface area contributed by atoms with E-state index in [1.54, 1.807) is 0 Å². The van der Waals surface area contributed by atoms with Crippen LogP contribution in [0.5, 0.6) is 11.5 Å². The molecule has 6 nitrogen and oxygen atoms in total. The highest BCUT2D eigenvalue weighted by Crippen LogP contribution is 2.63. The van der Waals surface area contributed by atoms with Crippen molar-refractivity contribution in [1.82, 2.24) is 0 Å². The molecule has 1 unspecified atom stereocenters. The zero-order valence-electron chi connectivity index (χ0n) is 17.8. The molecule has 7 heteroatoms. The van der Waals surface area contributed by atoms with Crippen LogP contribution >= 0.6 is 7.60 Å². The molecule has 0 N–H and O–H groups in total. The molecule has 2 aromatic carbocycles. The molecule has 0 fully saturated rings. The second-order valence-corrected chi connectivity index (χ2v) is 10.2. The maximum Gasteiger partial charge on any atom is 0.357 e. The van der Waals surface area contributed by atoms with Gasteiger partial charge in [0.1, 0.15) is 11.5 Å². The van der Waals surface area contributed by atoms with Crippen LogP contribution in [-0.4, -0.2) is 27.6 Å². The minimum Gasteiger partial charge on any atom is -0.457 e. The van der Waals surface area contributed by atoms with Gasteiger partial charge in [-0.25, -0.2) is 0 Å². The summed E-state index contributed by atoms with van der Waals surface area (Å²) in [6.45, 7) is 7.33. The van der Waals surface area contributed by atoms with Gasteiger partial charge in [-0.15, -0.1) is 0 Å². The largest absolute Gasteiger partial charge is 0.457 e. The van der Waals surface area contributed by atoms with Crippen LogP contribution in [-0.2, 0) is 13.6 Å². The normalized spacial score (nSPS) is 14.7. The van der Waals surface area contributed by atoms with E-state index in [9.17, 15) is 4.57 Å². The first kappa shape index (κ1) is 21.7. The van der Waals surface area contributed by atoms with Crippen molar-refractivity contribution in [2.24, 2.45) is 5.41 Å². The first-order chi connectivity index (χ1) is 13.8. The Morgan fingerprint density at radius 1 is 1.10 bits per heavy atom. The molecule has 1 aliphatic rings. The highest BCUT2D eigenvalue weighted by molar-refractivity contribution is 7.54. The lowest BCUT2D eigenvalue weighted by Crippen LogP contribution is -2.38. The summed E-state index contributed by atoms with van der Waals surface area (Å²) in [5, 5.41) is 0. The molecule has 0 amide bonds.